The van der Waals surface area contributed by atoms with E-state index in [0.717, 1.165) is 36.3 Å². The van der Waals surface area contributed by atoms with Crippen LogP contribution in [0.3, 0.4) is 0 Å². The van der Waals surface area contributed by atoms with Gasteiger partial charge in [-0.25, -0.2) is 4.57 Å². The molecule has 30 heavy (non-hydrogen) atoms. The number of nitrogens with zero attached hydrogens (tertiary/aromatic N) is 1. The highest BCUT2D eigenvalue weighted by atomic mass is 32.2. The van der Waals surface area contributed by atoms with Crippen molar-refractivity contribution in [2.45, 2.75) is 39.2 Å². The number of ether oxygens (including phenoxy) is 3. The van der Waals surface area contributed by atoms with Gasteiger partial charge >= 0.3 is 0 Å². The van der Waals surface area contributed by atoms with Crippen LogP contribution < -0.4 is 18.8 Å². The minimum Gasteiger partial charge on any atom is -0.493 e. The van der Waals surface area contributed by atoms with Crippen LogP contribution in [0.5, 0.6) is 17.2 Å². The van der Waals surface area contributed by atoms with E-state index in [1.807, 2.05) is 18.2 Å². The van der Waals surface area contributed by atoms with Crippen LogP contribution in [0.4, 0.5) is 0 Å². The molecule has 2 aromatic rings. The molecule has 0 amide bonds. The van der Waals surface area contributed by atoms with Crippen molar-refractivity contribution in [2.75, 3.05) is 27.1 Å². The molecule has 0 fully saturated rings. The molecule has 0 N–H and O–H groups in total. The standard InChI is InChI=1S/C24H32NO4S/c1-19(26)30-16-8-6-5-7-13-25-14-11-20(12-15-25)9-10-21-17-22(27-2)24(29-4)23(18-21)28-3/h9-12,14-15,17-18H,5-8,13,16H2,1-4H3/q+1. The zero-order valence-electron chi connectivity index (χ0n) is 18.3. The van der Waals surface area contributed by atoms with Crippen LogP contribution in [0.15, 0.2) is 36.7 Å². The largest absolute Gasteiger partial charge is 0.493 e. The maximum Gasteiger partial charge on any atom is 0.203 e. The number of hydrogen-bond donors (Lipinski definition) is 0. The van der Waals surface area contributed by atoms with Gasteiger partial charge in [0, 0.05) is 31.2 Å². The first-order valence-electron chi connectivity index (χ1n) is 10.2. The second-order valence-electron chi connectivity index (χ2n) is 6.92. The molecule has 1 aromatic carbocycles. The van der Waals surface area contributed by atoms with Gasteiger partial charge in [-0.05, 0) is 36.1 Å². The summed E-state index contributed by atoms with van der Waals surface area (Å²) in [6, 6.07) is 8.07. The van der Waals surface area contributed by atoms with Crippen LogP contribution >= 0.6 is 11.8 Å². The Labute approximate surface area is 184 Å². The number of unbranched alkanes of at least 4 members (excludes halogenated alkanes) is 3. The van der Waals surface area contributed by atoms with Crippen LogP contribution in [-0.4, -0.2) is 32.2 Å². The number of methoxy groups -OCH3 is 3. The van der Waals surface area contributed by atoms with E-state index in [9.17, 15) is 4.79 Å². The topological polar surface area (TPSA) is 48.6 Å². The monoisotopic (exact) mass is 430 g/mol. The molecule has 0 spiro atoms. The number of hydrogen-bond acceptors (Lipinski definition) is 5. The van der Waals surface area contributed by atoms with Crippen LogP contribution in [0.25, 0.3) is 12.2 Å². The Morgan fingerprint density at radius 3 is 2.07 bits per heavy atom. The lowest BCUT2D eigenvalue weighted by Gasteiger charge is -2.12. The van der Waals surface area contributed by atoms with Gasteiger partial charge in [0.15, 0.2) is 29.0 Å². The molecule has 0 aliphatic carbocycles. The summed E-state index contributed by atoms with van der Waals surface area (Å²) in [6.07, 6.45) is 12.9. The first kappa shape index (κ1) is 23.8. The summed E-state index contributed by atoms with van der Waals surface area (Å²) >= 11 is 1.43. The minimum absolute atomic E-state index is 0.213. The lowest BCUT2D eigenvalue weighted by Crippen LogP contribution is -2.32. The maximum absolute atomic E-state index is 10.9. The summed E-state index contributed by atoms with van der Waals surface area (Å²) in [6.45, 7) is 2.64. The molecule has 1 heterocycles. The SMILES string of the molecule is COc1cc(C=Cc2cc[n+](CCCCCCSC(C)=O)cc2)cc(OC)c1OC. The molecule has 0 aliphatic rings. The average molecular weight is 431 g/mol. The van der Waals surface area contributed by atoms with Crippen molar-refractivity contribution < 1.29 is 23.6 Å². The van der Waals surface area contributed by atoms with Gasteiger partial charge in [-0.3, -0.25) is 4.79 Å². The van der Waals surface area contributed by atoms with E-state index in [4.69, 9.17) is 14.2 Å². The Morgan fingerprint density at radius 1 is 0.900 bits per heavy atom. The summed E-state index contributed by atoms with van der Waals surface area (Å²) in [5.41, 5.74) is 2.10. The van der Waals surface area contributed by atoms with E-state index in [-0.39, 0.29) is 5.12 Å². The molecular weight excluding hydrogens is 398 g/mol. The molecule has 0 atom stereocenters. The molecule has 0 radical (unpaired) electrons. The number of pyridine rings is 1. The normalized spacial score (nSPS) is 10.9. The highest BCUT2D eigenvalue weighted by Crippen LogP contribution is 2.38. The molecule has 2 rings (SSSR count). The van der Waals surface area contributed by atoms with Gasteiger partial charge in [-0.15, -0.1) is 0 Å². The predicted octanol–water partition coefficient (Wildman–Crippen LogP) is 5.01. The smallest absolute Gasteiger partial charge is 0.203 e. The molecule has 0 bridgehead atoms. The van der Waals surface area contributed by atoms with Crippen molar-refractivity contribution in [3.63, 3.8) is 0 Å². The fourth-order valence-corrected chi connectivity index (χ4v) is 3.72. The number of thioether (sulfide) groups is 1. The molecule has 0 saturated heterocycles. The van der Waals surface area contributed by atoms with Gasteiger partial charge < -0.3 is 14.2 Å². The number of benzene rings is 1. The summed E-state index contributed by atoms with van der Waals surface area (Å²) < 4.78 is 18.4. The molecule has 5 nitrogen and oxygen atoms in total. The Hall–Kier alpha value is -2.47. The van der Waals surface area contributed by atoms with Crippen LogP contribution in [0, 0.1) is 0 Å². The highest BCUT2D eigenvalue weighted by Gasteiger charge is 2.12. The third kappa shape index (κ3) is 7.75. The van der Waals surface area contributed by atoms with Crippen LogP contribution in [-0.2, 0) is 11.3 Å². The van der Waals surface area contributed by atoms with Gasteiger partial charge in [0.25, 0.3) is 0 Å². The second kappa shape index (κ2) is 13.0. The molecule has 0 saturated carbocycles. The maximum atomic E-state index is 10.9. The summed E-state index contributed by atoms with van der Waals surface area (Å²) in [7, 11) is 4.83. The minimum atomic E-state index is 0.213. The zero-order valence-corrected chi connectivity index (χ0v) is 19.2. The first-order valence-corrected chi connectivity index (χ1v) is 11.2. The van der Waals surface area contributed by atoms with Gasteiger partial charge in [-0.1, -0.05) is 30.3 Å². The number of aryl methyl sites for hydroxylation is 1. The van der Waals surface area contributed by atoms with E-state index in [2.05, 4.69) is 35.2 Å². The quantitative estimate of drug-likeness (QED) is 0.350. The van der Waals surface area contributed by atoms with E-state index >= 15 is 0 Å². The summed E-state index contributed by atoms with van der Waals surface area (Å²) in [4.78, 5) is 10.9. The van der Waals surface area contributed by atoms with Crippen LogP contribution in [0.2, 0.25) is 0 Å². The average Bonchev–Trinajstić information content (AvgIpc) is 2.76. The molecule has 0 unspecified atom stereocenters. The Balaban J connectivity index is 1.87. The molecular formula is C24H32NO4S+. The zero-order chi connectivity index (χ0) is 21.8. The number of rotatable bonds is 12. The lowest BCUT2D eigenvalue weighted by molar-refractivity contribution is -0.697. The van der Waals surface area contributed by atoms with Crippen molar-refractivity contribution >= 4 is 29.0 Å². The highest BCUT2D eigenvalue weighted by molar-refractivity contribution is 8.13. The molecule has 0 aliphatic heterocycles. The van der Waals surface area contributed by atoms with Gasteiger partial charge in [0.1, 0.15) is 6.54 Å². The Kier molecular flexibility index (Phi) is 10.3. The fraction of sp³-hybridized carbons (Fsp3) is 0.417. The second-order valence-corrected chi connectivity index (χ2v) is 8.19. The Morgan fingerprint density at radius 2 is 1.50 bits per heavy atom. The lowest BCUT2D eigenvalue weighted by atomic mass is 10.1. The number of aromatic nitrogens is 1. The fourth-order valence-electron chi connectivity index (χ4n) is 3.08. The summed E-state index contributed by atoms with van der Waals surface area (Å²) in [5, 5.41) is 0.213. The van der Waals surface area contributed by atoms with E-state index in [0.29, 0.717) is 17.2 Å². The van der Waals surface area contributed by atoms with E-state index in [1.54, 1.807) is 28.3 Å². The molecule has 162 valence electrons. The van der Waals surface area contributed by atoms with Crippen molar-refractivity contribution in [3.05, 3.63) is 47.8 Å². The van der Waals surface area contributed by atoms with Gasteiger partial charge in [0.2, 0.25) is 5.75 Å². The number of carbonyl (C=O) groups excluding carboxylic acids is 1. The van der Waals surface area contributed by atoms with E-state index in [1.165, 1.54) is 24.6 Å². The Bertz CT molecular complexity index is 809. The predicted molar refractivity (Wildman–Crippen MR) is 123 cm³/mol. The van der Waals surface area contributed by atoms with Gasteiger partial charge in [-0.2, -0.15) is 0 Å². The van der Waals surface area contributed by atoms with Gasteiger partial charge in [0.05, 0.1) is 21.3 Å². The summed E-state index contributed by atoms with van der Waals surface area (Å²) in [5.74, 6) is 2.82. The molecule has 1 aromatic heterocycles. The third-order valence-corrected chi connectivity index (χ3v) is 5.59. The third-order valence-electron chi connectivity index (χ3n) is 4.69. The van der Waals surface area contributed by atoms with E-state index < -0.39 is 0 Å². The van der Waals surface area contributed by atoms with Crippen molar-refractivity contribution in [1.82, 2.24) is 0 Å². The number of carbonyl (C=O) groups is 1. The molecule has 6 heteroatoms. The van der Waals surface area contributed by atoms with Crippen molar-refractivity contribution in [2.24, 2.45) is 0 Å². The van der Waals surface area contributed by atoms with Crippen LogP contribution in [0.1, 0.15) is 43.7 Å². The first-order chi connectivity index (χ1) is 14.6. The van der Waals surface area contributed by atoms with Crippen molar-refractivity contribution in [1.29, 1.82) is 0 Å². The van der Waals surface area contributed by atoms with Crippen molar-refractivity contribution in [3.8, 4) is 17.2 Å².